The number of piperidine rings is 1. The Balaban J connectivity index is 0.00000121. The topological polar surface area (TPSA) is 71.8 Å². The molecule has 1 aromatic carbocycles. The highest BCUT2D eigenvalue weighted by Gasteiger charge is 2.20. The molecule has 1 amide bonds. The van der Waals surface area contributed by atoms with Gasteiger partial charge < -0.3 is 10.6 Å². The minimum atomic E-state index is 0. The van der Waals surface area contributed by atoms with E-state index in [1.54, 1.807) is 12.5 Å². The van der Waals surface area contributed by atoms with Crippen LogP contribution >= 0.6 is 24.8 Å². The number of amides is 1. The Kier molecular flexibility index (Phi) is 6.97. The lowest BCUT2D eigenvalue weighted by molar-refractivity contribution is -0.120. The quantitative estimate of drug-likeness (QED) is 0.716. The summed E-state index contributed by atoms with van der Waals surface area (Å²) in [6.45, 7) is 1.81. The highest BCUT2D eigenvalue weighted by Crippen LogP contribution is 2.19. The van der Waals surface area contributed by atoms with Gasteiger partial charge in [0.1, 0.15) is 12.1 Å². The monoisotopic (exact) mass is 393 g/mol. The molecule has 8 heteroatoms. The zero-order valence-electron chi connectivity index (χ0n) is 14.1. The van der Waals surface area contributed by atoms with Gasteiger partial charge in [0, 0.05) is 5.92 Å². The Labute approximate surface area is 164 Å². The standard InChI is InChI=1S/C18H19N5O.2ClH/c24-18(13-7-9-19-10-8-13)22-14-5-6-17(20-11-14)23-12-21-15-3-1-2-4-16(15)23;;/h1-6,11-13,19H,7-10H2,(H,22,24);2*1H. The van der Waals surface area contributed by atoms with Crippen LogP contribution in [0.1, 0.15) is 12.8 Å². The third-order valence-corrected chi connectivity index (χ3v) is 4.43. The number of pyridine rings is 1. The summed E-state index contributed by atoms with van der Waals surface area (Å²) in [7, 11) is 0. The zero-order valence-corrected chi connectivity index (χ0v) is 15.7. The molecule has 0 saturated carbocycles. The van der Waals surface area contributed by atoms with Crippen LogP contribution in [-0.2, 0) is 4.79 Å². The molecule has 138 valence electrons. The van der Waals surface area contributed by atoms with Crippen molar-refractivity contribution in [1.29, 1.82) is 0 Å². The second kappa shape index (κ2) is 8.98. The molecule has 1 aliphatic rings. The maximum Gasteiger partial charge on any atom is 0.227 e. The molecular formula is C18H21Cl2N5O. The molecule has 2 aromatic heterocycles. The molecule has 1 fully saturated rings. The number of carbonyl (C=O) groups excluding carboxylic acids is 1. The van der Waals surface area contributed by atoms with E-state index in [0.717, 1.165) is 48.5 Å². The predicted molar refractivity (Wildman–Crippen MR) is 108 cm³/mol. The van der Waals surface area contributed by atoms with Gasteiger partial charge in [0.15, 0.2) is 0 Å². The lowest BCUT2D eigenvalue weighted by atomic mass is 9.97. The third kappa shape index (κ3) is 4.15. The summed E-state index contributed by atoms with van der Waals surface area (Å²) in [5, 5.41) is 6.24. The number of imidazole rings is 1. The van der Waals surface area contributed by atoms with Crippen LogP contribution in [0.3, 0.4) is 0 Å². The molecule has 4 rings (SSSR count). The smallest absolute Gasteiger partial charge is 0.227 e. The van der Waals surface area contributed by atoms with E-state index in [-0.39, 0.29) is 36.6 Å². The van der Waals surface area contributed by atoms with Crippen LogP contribution < -0.4 is 10.6 Å². The van der Waals surface area contributed by atoms with Crippen molar-refractivity contribution in [3.8, 4) is 5.82 Å². The number of para-hydroxylation sites is 2. The SMILES string of the molecule is Cl.Cl.O=C(Nc1ccc(-n2cnc3ccccc32)nc1)C1CCNCC1. The van der Waals surface area contributed by atoms with Gasteiger partial charge >= 0.3 is 0 Å². The molecule has 0 unspecified atom stereocenters. The third-order valence-electron chi connectivity index (χ3n) is 4.43. The van der Waals surface area contributed by atoms with Gasteiger partial charge in [-0.1, -0.05) is 12.1 Å². The minimum Gasteiger partial charge on any atom is -0.324 e. The molecule has 3 aromatic rings. The maximum atomic E-state index is 12.3. The number of halogens is 2. The van der Waals surface area contributed by atoms with Gasteiger partial charge in [-0.3, -0.25) is 9.36 Å². The number of fused-ring (bicyclic) bond motifs is 1. The van der Waals surface area contributed by atoms with E-state index in [1.807, 2.05) is 41.0 Å². The predicted octanol–water partition coefficient (Wildman–Crippen LogP) is 3.20. The number of aromatic nitrogens is 3. The van der Waals surface area contributed by atoms with Crippen molar-refractivity contribution in [3.05, 3.63) is 48.9 Å². The molecule has 0 aliphatic carbocycles. The number of benzene rings is 1. The minimum absolute atomic E-state index is 0. The van der Waals surface area contributed by atoms with Crippen molar-refractivity contribution in [2.75, 3.05) is 18.4 Å². The first-order chi connectivity index (χ1) is 11.8. The second-order valence-electron chi connectivity index (χ2n) is 6.02. The maximum absolute atomic E-state index is 12.3. The number of nitrogens with one attached hydrogen (secondary N) is 2. The lowest BCUT2D eigenvalue weighted by Gasteiger charge is -2.21. The van der Waals surface area contributed by atoms with Crippen LogP contribution in [0, 0.1) is 5.92 Å². The summed E-state index contributed by atoms with van der Waals surface area (Å²) >= 11 is 0. The van der Waals surface area contributed by atoms with Gasteiger partial charge in [-0.05, 0) is 50.2 Å². The molecule has 1 aliphatic heterocycles. The first-order valence-corrected chi connectivity index (χ1v) is 8.21. The van der Waals surface area contributed by atoms with E-state index >= 15 is 0 Å². The summed E-state index contributed by atoms with van der Waals surface area (Å²) in [5.41, 5.74) is 2.67. The fourth-order valence-electron chi connectivity index (χ4n) is 3.07. The van der Waals surface area contributed by atoms with Crippen LogP contribution in [0.25, 0.3) is 16.9 Å². The van der Waals surface area contributed by atoms with Gasteiger partial charge in [-0.15, -0.1) is 24.8 Å². The van der Waals surface area contributed by atoms with E-state index in [9.17, 15) is 4.79 Å². The number of rotatable bonds is 3. The van der Waals surface area contributed by atoms with Crippen molar-refractivity contribution < 1.29 is 4.79 Å². The Morgan fingerprint density at radius 2 is 1.85 bits per heavy atom. The fourth-order valence-corrected chi connectivity index (χ4v) is 3.07. The molecule has 0 radical (unpaired) electrons. The number of nitrogens with zero attached hydrogens (tertiary/aromatic N) is 3. The highest BCUT2D eigenvalue weighted by molar-refractivity contribution is 5.92. The molecule has 0 atom stereocenters. The van der Waals surface area contributed by atoms with Crippen LogP contribution in [0.5, 0.6) is 0 Å². The number of hydrogen-bond donors (Lipinski definition) is 2. The van der Waals surface area contributed by atoms with Crippen LogP contribution in [-0.4, -0.2) is 33.5 Å². The average molecular weight is 394 g/mol. The average Bonchev–Trinajstić information content (AvgIpc) is 3.07. The largest absolute Gasteiger partial charge is 0.324 e. The summed E-state index contributed by atoms with van der Waals surface area (Å²) in [6.07, 6.45) is 5.24. The van der Waals surface area contributed by atoms with Crippen molar-refractivity contribution in [1.82, 2.24) is 19.9 Å². The van der Waals surface area contributed by atoms with Gasteiger partial charge in [-0.2, -0.15) is 0 Å². The van der Waals surface area contributed by atoms with Crippen LogP contribution in [0.4, 0.5) is 5.69 Å². The summed E-state index contributed by atoms with van der Waals surface area (Å²) in [4.78, 5) is 21.1. The Morgan fingerprint density at radius 1 is 1.08 bits per heavy atom. The second-order valence-corrected chi connectivity index (χ2v) is 6.02. The molecule has 6 nitrogen and oxygen atoms in total. The molecular weight excluding hydrogens is 373 g/mol. The molecule has 0 bridgehead atoms. The normalized spacial score (nSPS) is 14.3. The van der Waals surface area contributed by atoms with Crippen LogP contribution in [0.15, 0.2) is 48.9 Å². The van der Waals surface area contributed by atoms with Crippen molar-refractivity contribution in [3.63, 3.8) is 0 Å². The van der Waals surface area contributed by atoms with E-state index in [0.29, 0.717) is 0 Å². The van der Waals surface area contributed by atoms with Crippen LogP contribution in [0.2, 0.25) is 0 Å². The Morgan fingerprint density at radius 3 is 2.58 bits per heavy atom. The first kappa shape index (κ1) is 20.2. The summed E-state index contributed by atoms with van der Waals surface area (Å²) in [6, 6.07) is 11.7. The van der Waals surface area contributed by atoms with E-state index in [2.05, 4.69) is 20.6 Å². The molecule has 3 heterocycles. The summed E-state index contributed by atoms with van der Waals surface area (Å²) < 4.78 is 1.94. The molecule has 1 saturated heterocycles. The molecule has 0 spiro atoms. The highest BCUT2D eigenvalue weighted by atomic mass is 35.5. The van der Waals surface area contributed by atoms with E-state index in [1.165, 1.54) is 0 Å². The number of anilines is 1. The van der Waals surface area contributed by atoms with Gasteiger partial charge in [0.25, 0.3) is 0 Å². The Bertz CT molecular complexity index is 859. The van der Waals surface area contributed by atoms with Gasteiger partial charge in [-0.25, -0.2) is 9.97 Å². The van der Waals surface area contributed by atoms with Gasteiger partial charge in [0.05, 0.1) is 22.9 Å². The zero-order chi connectivity index (χ0) is 16.4. The lowest BCUT2D eigenvalue weighted by Crippen LogP contribution is -2.34. The van der Waals surface area contributed by atoms with Gasteiger partial charge in [0.2, 0.25) is 5.91 Å². The number of carbonyl (C=O) groups is 1. The fraction of sp³-hybridized carbons (Fsp3) is 0.278. The number of hydrogen-bond acceptors (Lipinski definition) is 4. The summed E-state index contributed by atoms with van der Waals surface area (Å²) in [5.74, 6) is 0.950. The van der Waals surface area contributed by atoms with Crippen molar-refractivity contribution in [2.24, 2.45) is 5.92 Å². The van der Waals surface area contributed by atoms with Crippen molar-refractivity contribution in [2.45, 2.75) is 12.8 Å². The Hall–Kier alpha value is -2.15. The molecule has 26 heavy (non-hydrogen) atoms. The molecule has 2 N–H and O–H groups in total. The first-order valence-electron chi connectivity index (χ1n) is 8.21. The van der Waals surface area contributed by atoms with Crippen molar-refractivity contribution >= 4 is 47.4 Å². The van der Waals surface area contributed by atoms with E-state index in [4.69, 9.17) is 0 Å². The van der Waals surface area contributed by atoms with E-state index < -0.39 is 0 Å².